The van der Waals surface area contributed by atoms with Crippen molar-refractivity contribution in [1.29, 1.82) is 0 Å². The zero-order valence-corrected chi connectivity index (χ0v) is 27.8. The van der Waals surface area contributed by atoms with Gasteiger partial charge in [-0.05, 0) is 68.6 Å². The van der Waals surface area contributed by atoms with E-state index in [1.54, 1.807) is 24.3 Å². The van der Waals surface area contributed by atoms with Crippen LogP contribution in [0.5, 0.6) is 5.75 Å². The number of carbonyl (C=O) groups is 5. The second-order valence-electron chi connectivity index (χ2n) is 12.4. The number of hydrogen-bond acceptors (Lipinski definition) is 7. The molecule has 11 heteroatoms. The number of aliphatic carboxylic acids is 3. The fourth-order valence-electron chi connectivity index (χ4n) is 4.93. The summed E-state index contributed by atoms with van der Waals surface area (Å²) < 4.78 is 5.68. The van der Waals surface area contributed by atoms with Crippen molar-refractivity contribution in [1.82, 2.24) is 5.32 Å². The van der Waals surface area contributed by atoms with Crippen LogP contribution in [0.15, 0.2) is 49.1 Å². The van der Waals surface area contributed by atoms with Crippen molar-refractivity contribution < 1.29 is 49.1 Å². The fraction of sp³-hybridized carbons (Fsp3) is 0.583. The number of amides is 1. The predicted octanol–water partition coefficient (Wildman–Crippen LogP) is 5.73. The van der Waals surface area contributed by atoms with Gasteiger partial charge < -0.3 is 30.5 Å². The maximum absolute atomic E-state index is 13.3. The number of rotatable bonds is 27. The average Bonchev–Trinajstić information content (AvgIpc) is 2.99. The van der Waals surface area contributed by atoms with Crippen molar-refractivity contribution in [3.05, 3.63) is 54.6 Å². The smallest absolute Gasteiger partial charge is 0.337 e. The number of carboxylic acids is 3. The monoisotopic (exact) mass is 659 g/mol. The Bertz CT molecular complexity index is 1180. The van der Waals surface area contributed by atoms with Crippen LogP contribution in [0.4, 0.5) is 0 Å². The highest BCUT2D eigenvalue weighted by atomic mass is 16.5. The molecule has 0 fully saturated rings. The lowest BCUT2D eigenvalue weighted by atomic mass is 9.82. The molecule has 0 bridgehead atoms. The molecule has 0 saturated heterocycles. The van der Waals surface area contributed by atoms with E-state index in [1.807, 2.05) is 6.08 Å². The minimum Gasteiger partial charge on any atom is -0.494 e. The Hall–Kier alpha value is -3.99. The van der Waals surface area contributed by atoms with Gasteiger partial charge in [0.1, 0.15) is 17.6 Å². The van der Waals surface area contributed by atoms with Gasteiger partial charge in [-0.1, -0.05) is 63.5 Å². The maximum atomic E-state index is 13.3. The first-order valence-corrected chi connectivity index (χ1v) is 16.5. The van der Waals surface area contributed by atoms with Crippen LogP contribution in [-0.2, 0) is 30.4 Å². The first-order chi connectivity index (χ1) is 22.3. The van der Waals surface area contributed by atoms with E-state index in [1.165, 1.54) is 6.08 Å². The largest absolute Gasteiger partial charge is 0.494 e. The third-order valence-corrected chi connectivity index (χ3v) is 7.80. The Kier molecular flexibility index (Phi) is 19.7. The van der Waals surface area contributed by atoms with Crippen LogP contribution in [0.2, 0.25) is 0 Å². The molecule has 262 valence electrons. The molecule has 1 amide bonds. The molecule has 1 aromatic rings. The van der Waals surface area contributed by atoms with Crippen molar-refractivity contribution in [3.8, 4) is 5.75 Å². The molecule has 0 aliphatic heterocycles. The van der Waals surface area contributed by atoms with Crippen LogP contribution in [0, 0.1) is 11.8 Å². The molecular weight excluding hydrogens is 606 g/mol. The first kappa shape index (κ1) is 41.0. The zero-order valence-electron chi connectivity index (χ0n) is 27.8. The highest BCUT2D eigenvalue weighted by Crippen LogP contribution is 2.26. The third-order valence-electron chi connectivity index (χ3n) is 7.80. The molecule has 0 unspecified atom stereocenters. The summed E-state index contributed by atoms with van der Waals surface area (Å²) in [5.41, 5.74) is -2.46. The lowest BCUT2D eigenvalue weighted by molar-refractivity contribution is -0.172. The summed E-state index contributed by atoms with van der Waals surface area (Å²) in [4.78, 5) is 60.9. The number of carboxylic acid groups (broad SMARTS) is 3. The van der Waals surface area contributed by atoms with Crippen LogP contribution < -0.4 is 10.1 Å². The van der Waals surface area contributed by atoms with Gasteiger partial charge in [-0.15, -0.1) is 6.58 Å². The number of Topliss-reactive ketones (excluding diaryl/α,β-unsaturated/α-hetero) is 1. The van der Waals surface area contributed by atoms with Crippen molar-refractivity contribution >= 4 is 29.6 Å². The Morgan fingerprint density at radius 3 is 2.04 bits per heavy atom. The van der Waals surface area contributed by atoms with Crippen LogP contribution >= 0.6 is 0 Å². The Labute approximate surface area is 278 Å². The molecule has 0 aliphatic carbocycles. The first-order valence-electron chi connectivity index (χ1n) is 16.5. The summed E-state index contributed by atoms with van der Waals surface area (Å²) in [5.74, 6) is -6.63. The molecule has 3 atom stereocenters. The highest BCUT2D eigenvalue weighted by molar-refractivity contribution is 5.94. The number of ketones is 1. The molecule has 1 rings (SSSR count). The summed E-state index contributed by atoms with van der Waals surface area (Å²) >= 11 is 0. The number of allylic oxidation sites excluding steroid dienone is 2. The standard InChI is InChI=1S/C36H53NO10/c1-4-5-6-9-12-15-28(38)16-13-10-7-8-11-14-17-30(36(46,35(44)45)25-32(39)40)33(41)37-31(34(42)43)24-27-18-20-29(21-19-27)47-23-22-26(2)3/h4,14,17-21,26,30-31,46H,1,5-13,15-16,22-25H2,2-3H3,(H,37,41)(H,39,40)(H,42,43)(H,44,45)/t30-,31+,36+/m1/s1. The fourth-order valence-corrected chi connectivity index (χ4v) is 4.93. The van der Waals surface area contributed by atoms with Gasteiger partial charge in [-0.25, -0.2) is 9.59 Å². The van der Waals surface area contributed by atoms with Gasteiger partial charge in [0.15, 0.2) is 5.60 Å². The average molecular weight is 660 g/mol. The number of nitrogens with one attached hydrogen (secondary N) is 1. The van der Waals surface area contributed by atoms with Crippen molar-refractivity contribution in [2.24, 2.45) is 11.8 Å². The number of hydrogen-bond donors (Lipinski definition) is 5. The second-order valence-corrected chi connectivity index (χ2v) is 12.4. The summed E-state index contributed by atoms with van der Waals surface area (Å²) in [6.07, 6.45) is 12.3. The molecule has 0 saturated carbocycles. The lowest BCUT2D eigenvalue weighted by Gasteiger charge is -2.29. The highest BCUT2D eigenvalue weighted by Gasteiger charge is 2.49. The van der Waals surface area contributed by atoms with E-state index in [0.717, 1.165) is 57.4 Å². The SMILES string of the molecule is C=CCCCCCC(=O)CCCCCCC=C[C@H](C(=O)N[C@@H](Cc1ccc(OCCC(C)C)cc1)C(=O)O)[C@@](O)(CC(=O)O)C(=O)O. The molecule has 0 aromatic heterocycles. The minimum absolute atomic E-state index is 0.147. The van der Waals surface area contributed by atoms with Crippen LogP contribution in [0.25, 0.3) is 0 Å². The summed E-state index contributed by atoms with van der Waals surface area (Å²) in [5, 5.41) is 42.1. The number of carbonyl (C=O) groups excluding carboxylic acids is 2. The van der Waals surface area contributed by atoms with Crippen LogP contribution in [-0.4, -0.2) is 68.3 Å². The second kappa shape index (κ2) is 22.5. The third kappa shape index (κ3) is 16.9. The zero-order chi connectivity index (χ0) is 35.2. The Morgan fingerprint density at radius 2 is 1.49 bits per heavy atom. The molecule has 0 spiro atoms. The molecular formula is C36H53NO10. The number of aliphatic hydroxyl groups is 1. The normalized spacial score (nSPS) is 13.9. The van der Waals surface area contributed by atoms with Crippen molar-refractivity contribution in [2.75, 3.05) is 6.61 Å². The molecule has 47 heavy (non-hydrogen) atoms. The van der Waals surface area contributed by atoms with Gasteiger partial charge in [0, 0.05) is 19.3 Å². The molecule has 5 N–H and O–H groups in total. The van der Waals surface area contributed by atoms with E-state index in [9.17, 15) is 44.4 Å². The van der Waals surface area contributed by atoms with E-state index in [-0.39, 0.29) is 12.2 Å². The van der Waals surface area contributed by atoms with Crippen molar-refractivity contribution in [2.45, 2.75) is 115 Å². The minimum atomic E-state index is -3.02. The van der Waals surface area contributed by atoms with Gasteiger partial charge in [0.05, 0.1) is 18.9 Å². The Morgan fingerprint density at radius 1 is 0.894 bits per heavy atom. The maximum Gasteiger partial charge on any atom is 0.337 e. The topological polar surface area (TPSA) is 188 Å². The van der Waals surface area contributed by atoms with Crippen molar-refractivity contribution in [3.63, 3.8) is 0 Å². The van der Waals surface area contributed by atoms with E-state index in [4.69, 9.17) is 4.74 Å². The number of benzene rings is 1. The number of ether oxygens (including phenoxy) is 1. The van der Waals surface area contributed by atoms with E-state index < -0.39 is 47.8 Å². The summed E-state index contributed by atoms with van der Waals surface area (Å²) in [7, 11) is 0. The van der Waals surface area contributed by atoms with Crippen LogP contribution in [0.1, 0.15) is 103 Å². The molecule has 0 radical (unpaired) electrons. The lowest BCUT2D eigenvalue weighted by Crippen LogP contribution is -2.55. The van der Waals surface area contributed by atoms with Crippen LogP contribution in [0.3, 0.4) is 0 Å². The Balaban J connectivity index is 2.82. The van der Waals surface area contributed by atoms with E-state index in [2.05, 4.69) is 25.7 Å². The summed E-state index contributed by atoms with van der Waals surface area (Å²) in [6, 6.07) is 5.20. The van der Waals surface area contributed by atoms with Gasteiger partial charge in [0.2, 0.25) is 5.91 Å². The van der Waals surface area contributed by atoms with Gasteiger partial charge >= 0.3 is 17.9 Å². The van der Waals surface area contributed by atoms with Gasteiger partial charge in [-0.2, -0.15) is 0 Å². The quantitative estimate of drug-likeness (QED) is 0.0576. The van der Waals surface area contributed by atoms with Gasteiger partial charge in [0.25, 0.3) is 0 Å². The van der Waals surface area contributed by atoms with E-state index >= 15 is 0 Å². The number of unbranched alkanes of at least 4 members (excludes halogenated alkanes) is 7. The van der Waals surface area contributed by atoms with E-state index in [0.29, 0.717) is 49.5 Å². The molecule has 0 aliphatic rings. The summed E-state index contributed by atoms with van der Waals surface area (Å²) in [6.45, 7) is 8.37. The molecule has 11 nitrogen and oxygen atoms in total. The molecule has 0 heterocycles. The van der Waals surface area contributed by atoms with Gasteiger partial charge in [-0.3, -0.25) is 14.4 Å². The predicted molar refractivity (Wildman–Crippen MR) is 178 cm³/mol. The molecule has 1 aromatic carbocycles.